The molecule has 0 aliphatic heterocycles. The standard InChI is InChI=1S/C14H22O2/c1-14(2,3)10-9-12(15)13(16)11-7-5-4-6-8-11/h4-8,12-13,15-16H,9-10H2,1-3H3. The summed E-state index contributed by atoms with van der Waals surface area (Å²) in [6, 6.07) is 9.32. The summed E-state index contributed by atoms with van der Waals surface area (Å²) in [5, 5.41) is 19.8. The van der Waals surface area contributed by atoms with E-state index in [1.807, 2.05) is 30.3 Å². The lowest BCUT2D eigenvalue weighted by Gasteiger charge is -2.23. The SMILES string of the molecule is CC(C)(C)CCC(O)C(O)c1ccccc1. The first kappa shape index (κ1) is 13.2. The van der Waals surface area contributed by atoms with Gasteiger partial charge in [0.1, 0.15) is 6.10 Å². The van der Waals surface area contributed by atoms with Gasteiger partial charge in [-0.25, -0.2) is 0 Å². The monoisotopic (exact) mass is 222 g/mol. The van der Waals surface area contributed by atoms with Crippen molar-refractivity contribution >= 4 is 0 Å². The van der Waals surface area contributed by atoms with Gasteiger partial charge in [0.25, 0.3) is 0 Å². The molecule has 2 nitrogen and oxygen atoms in total. The number of rotatable bonds is 4. The van der Waals surface area contributed by atoms with Gasteiger partial charge in [0.2, 0.25) is 0 Å². The van der Waals surface area contributed by atoms with Crippen LogP contribution in [0.3, 0.4) is 0 Å². The predicted octanol–water partition coefficient (Wildman–Crippen LogP) is 2.91. The quantitative estimate of drug-likeness (QED) is 0.822. The number of hydrogen-bond acceptors (Lipinski definition) is 2. The normalized spacial score (nSPS) is 15.8. The van der Waals surface area contributed by atoms with Crippen molar-refractivity contribution in [2.45, 2.75) is 45.8 Å². The van der Waals surface area contributed by atoms with E-state index in [0.717, 1.165) is 12.0 Å². The van der Waals surface area contributed by atoms with Crippen molar-refractivity contribution in [3.05, 3.63) is 35.9 Å². The van der Waals surface area contributed by atoms with Crippen LogP contribution in [0, 0.1) is 5.41 Å². The van der Waals surface area contributed by atoms with Gasteiger partial charge in [-0.1, -0.05) is 51.1 Å². The number of aliphatic hydroxyl groups is 2. The zero-order valence-corrected chi connectivity index (χ0v) is 10.4. The van der Waals surface area contributed by atoms with Gasteiger partial charge in [-0.2, -0.15) is 0 Å². The van der Waals surface area contributed by atoms with Crippen LogP contribution in [0.5, 0.6) is 0 Å². The Balaban J connectivity index is 2.52. The minimum absolute atomic E-state index is 0.192. The molecule has 2 heteroatoms. The Morgan fingerprint density at radius 2 is 1.62 bits per heavy atom. The third kappa shape index (κ3) is 4.33. The van der Waals surface area contributed by atoms with Gasteiger partial charge in [-0.15, -0.1) is 0 Å². The maximum atomic E-state index is 9.94. The van der Waals surface area contributed by atoms with Gasteiger partial charge in [-0.05, 0) is 23.8 Å². The molecule has 0 aliphatic rings. The minimum atomic E-state index is -0.774. The van der Waals surface area contributed by atoms with E-state index < -0.39 is 12.2 Å². The molecule has 1 aromatic rings. The molecule has 16 heavy (non-hydrogen) atoms. The first-order valence-electron chi connectivity index (χ1n) is 5.81. The molecule has 0 saturated carbocycles. The molecule has 0 fully saturated rings. The third-order valence-electron chi connectivity index (χ3n) is 2.70. The Morgan fingerprint density at radius 1 is 1.06 bits per heavy atom. The topological polar surface area (TPSA) is 40.5 Å². The van der Waals surface area contributed by atoms with Gasteiger partial charge in [-0.3, -0.25) is 0 Å². The average Bonchev–Trinajstić information content (AvgIpc) is 2.25. The van der Waals surface area contributed by atoms with Crippen molar-refractivity contribution in [1.82, 2.24) is 0 Å². The van der Waals surface area contributed by atoms with Crippen molar-refractivity contribution in [3.8, 4) is 0 Å². The predicted molar refractivity (Wildman–Crippen MR) is 66.1 cm³/mol. The van der Waals surface area contributed by atoms with Crippen LogP contribution in [0.15, 0.2) is 30.3 Å². The van der Waals surface area contributed by atoms with Crippen LogP contribution < -0.4 is 0 Å². The first-order chi connectivity index (χ1) is 7.40. The second kappa shape index (κ2) is 5.46. The fourth-order valence-electron chi connectivity index (χ4n) is 1.61. The highest BCUT2D eigenvalue weighted by Gasteiger charge is 2.20. The van der Waals surface area contributed by atoms with Gasteiger partial charge in [0, 0.05) is 0 Å². The summed E-state index contributed by atoms with van der Waals surface area (Å²) in [6.45, 7) is 6.40. The molecule has 90 valence electrons. The van der Waals surface area contributed by atoms with E-state index >= 15 is 0 Å². The molecule has 0 saturated heterocycles. The molecule has 2 atom stereocenters. The second-order valence-electron chi connectivity index (χ2n) is 5.52. The zero-order valence-electron chi connectivity index (χ0n) is 10.4. The van der Waals surface area contributed by atoms with E-state index in [1.165, 1.54) is 0 Å². The van der Waals surface area contributed by atoms with E-state index in [9.17, 15) is 10.2 Å². The van der Waals surface area contributed by atoms with Crippen LogP contribution in [0.2, 0.25) is 0 Å². The fourth-order valence-corrected chi connectivity index (χ4v) is 1.61. The molecule has 0 radical (unpaired) electrons. The molecule has 1 rings (SSSR count). The Labute approximate surface area is 97.9 Å². The highest BCUT2D eigenvalue weighted by Crippen LogP contribution is 2.26. The van der Waals surface area contributed by atoms with Crippen LogP contribution in [0.1, 0.15) is 45.3 Å². The molecule has 2 N–H and O–H groups in total. The fraction of sp³-hybridized carbons (Fsp3) is 0.571. The summed E-state index contributed by atoms with van der Waals surface area (Å²) in [7, 11) is 0. The smallest absolute Gasteiger partial charge is 0.105 e. The summed E-state index contributed by atoms with van der Waals surface area (Å²) in [5.41, 5.74) is 0.973. The van der Waals surface area contributed by atoms with E-state index in [1.54, 1.807) is 0 Å². The molecule has 0 spiro atoms. The zero-order chi connectivity index (χ0) is 12.2. The molecular formula is C14H22O2. The minimum Gasteiger partial charge on any atom is -0.390 e. The van der Waals surface area contributed by atoms with E-state index in [0.29, 0.717) is 6.42 Å². The molecule has 0 aromatic heterocycles. The number of aliphatic hydroxyl groups excluding tert-OH is 2. The summed E-state index contributed by atoms with van der Waals surface area (Å²) in [4.78, 5) is 0. The third-order valence-corrected chi connectivity index (χ3v) is 2.70. The maximum Gasteiger partial charge on any atom is 0.105 e. The maximum absolute atomic E-state index is 9.94. The lowest BCUT2D eigenvalue weighted by Crippen LogP contribution is -2.20. The molecule has 0 bridgehead atoms. The lowest BCUT2D eigenvalue weighted by atomic mass is 9.87. The van der Waals surface area contributed by atoms with E-state index in [-0.39, 0.29) is 5.41 Å². The van der Waals surface area contributed by atoms with Gasteiger partial charge >= 0.3 is 0 Å². The lowest BCUT2D eigenvalue weighted by molar-refractivity contribution is 0.00737. The molecule has 2 unspecified atom stereocenters. The molecule has 1 aromatic carbocycles. The summed E-state index contributed by atoms with van der Waals surface area (Å²) < 4.78 is 0. The van der Waals surface area contributed by atoms with Crippen molar-refractivity contribution in [3.63, 3.8) is 0 Å². The van der Waals surface area contributed by atoms with Crippen LogP contribution in [-0.4, -0.2) is 16.3 Å². The highest BCUT2D eigenvalue weighted by atomic mass is 16.3. The first-order valence-corrected chi connectivity index (χ1v) is 5.81. The van der Waals surface area contributed by atoms with Gasteiger partial charge in [0.15, 0.2) is 0 Å². The highest BCUT2D eigenvalue weighted by molar-refractivity contribution is 5.18. The van der Waals surface area contributed by atoms with Crippen molar-refractivity contribution in [2.24, 2.45) is 5.41 Å². The Hall–Kier alpha value is -0.860. The molecule has 0 heterocycles. The summed E-state index contributed by atoms with van der Waals surface area (Å²) in [5.74, 6) is 0. The van der Waals surface area contributed by atoms with E-state index in [2.05, 4.69) is 20.8 Å². The number of hydrogen-bond donors (Lipinski definition) is 2. The van der Waals surface area contributed by atoms with Crippen molar-refractivity contribution in [1.29, 1.82) is 0 Å². The summed E-state index contributed by atoms with van der Waals surface area (Å²) >= 11 is 0. The number of benzene rings is 1. The van der Waals surface area contributed by atoms with Crippen molar-refractivity contribution in [2.75, 3.05) is 0 Å². The van der Waals surface area contributed by atoms with Crippen LogP contribution in [0.4, 0.5) is 0 Å². The van der Waals surface area contributed by atoms with Crippen molar-refractivity contribution < 1.29 is 10.2 Å². The Morgan fingerprint density at radius 3 is 2.12 bits per heavy atom. The second-order valence-corrected chi connectivity index (χ2v) is 5.52. The van der Waals surface area contributed by atoms with Crippen LogP contribution >= 0.6 is 0 Å². The van der Waals surface area contributed by atoms with Crippen LogP contribution in [0.25, 0.3) is 0 Å². The van der Waals surface area contributed by atoms with Crippen LogP contribution in [-0.2, 0) is 0 Å². The van der Waals surface area contributed by atoms with Gasteiger partial charge in [0.05, 0.1) is 6.10 Å². The Bertz CT molecular complexity index is 300. The largest absolute Gasteiger partial charge is 0.390 e. The molecule has 0 aliphatic carbocycles. The van der Waals surface area contributed by atoms with E-state index in [4.69, 9.17) is 0 Å². The molecular weight excluding hydrogens is 200 g/mol. The summed E-state index contributed by atoms with van der Waals surface area (Å²) in [6.07, 6.45) is 0.0719. The average molecular weight is 222 g/mol. The van der Waals surface area contributed by atoms with Gasteiger partial charge < -0.3 is 10.2 Å². The molecule has 0 amide bonds. The Kier molecular flexibility index (Phi) is 4.51.